The van der Waals surface area contributed by atoms with Crippen molar-refractivity contribution in [3.05, 3.63) is 65.9 Å². The molecule has 0 radical (unpaired) electrons. The highest BCUT2D eigenvalue weighted by Gasteiger charge is 2.20. The van der Waals surface area contributed by atoms with Crippen LogP contribution < -0.4 is 11.1 Å². The second-order valence-electron chi connectivity index (χ2n) is 8.99. The summed E-state index contributed by atoms with van der Waals surface area (Å²) in [7, 11) is 0. The summed E-state index contributed by atoms with van der Waals surface area (Å²) in [6.45, 7) is 10.9. The lowest BCUT2D eigenvalue weighted by atomic mass is 9.84. The average molecular weight is 405 g/mol. The lowest BCUT2D eigenvalue weighted by Crippen LogP contribution is -2.18. The van der Waals surface area contributed by atoms with E-state index in [1.807, 2.05) is 30.3 Å². The van der Waals surface area contributed by atoms with Gasteiger partial charge in [0, 0.05) is 29.1 Å². The van der Waals surface area contributed by atoms with Crippen molar-refractivity contribution in [2.75, 3.05) is 11.9 Å². The molecule has 5 heteroatoms. The van der Waals surface area contributed by atoms with Crippen molar-refractivity contribution in [3.8, 4) is 22.6 Å². The number of aliphatic hydroxyl groups is 1. The van der Waals surface area contributed by atoms with Crippen LogP contribution in [0.1, 0.15) is 51.8 Å². The van der Waals surface area contributed by atoms with Gasteiger partial charge >= 0.3 is 0 Å². The minimum Gasteiger partial charge on any atom is -0.394 e. The Balaban J connectivity index is 1.97. The van der Waals surface area contributed by atoms with Crippen molar-refractivity contribution >= 4 is 5.69 Å². The van der Waals surface area contributed by atoms with Gasteiger partial charge in [0.2, 0.25) is 0 Å². The number of anilines is 1. The quantitative estimate of drug-likeness (QED) is 0.543. The molecule has 0 amide bonds. The highest BCUT2D eigenvalue weighted by Crippen LogP contribution is 2.34. The van der Waals surface area contributed by atoms with Gasteiger partial charge < -0.3 is 16.2 Å². The summed E-state index contributed by atoms with van der Waals surface area (Å²) in [5, 5.41) is 12.8. The SMILES string of the molecule is CC(C)Nc1ccc(-c2ccnc(-c3ccc(C(N)CO)cc3)n2)cc1C(C)(C)C. The lowest BCUT2D eigenvalue weighted by molar-refractivity contribution is 0.268. The van der Waals surface area contributed by atoms with Gasteiger partial charge in [-0.25, -0.2) is 9.97 Å². The molecule has 0 fully saturated rings. The summed E-state index contributed by atoms with van der Waals surface area (Å²) < 4.78 is 0. The number of nitrogens with zero attached hydrogens (tertiary/aromatic N) is 2. The van der Waals surface area contributed by atoms with Crippen molar-refractivity contribution in [1.29, 1.82) is 0 Å². The second-order valence-corrected chi connectivity index (χ2v) is 8.99. The molecule has 0 bridgehead atoms. The minimum absolute atomic E-state index is 0.00436. The molecular formula is C25H32N4O. The van der Waals surface area contributed by atoms with Gasteiger partial charge in [-0.05, 0) is 48.6 Å². The van der Waals surface area contributed by atoms with E-state index in [1.165, 1.54) is 5.56 Å². The highest BCUT2D eigenvalue weighted by molar-refractivity contribution is 5.69. The number of rotatable bonds is 6. The first-order valence-electron chi connectivity index (χ1n) is 10.4. The van der Waals surface area contributed by atoms with Gasteiger partial charge in [0.05, 0.1) is 18.3 Å². The smallest absolute Gasteiger partial charge is 0.159 e. The average Bonchev–Trinajstić information content (AvgIpc) is 2.72. The van der Waals surface area contributed by atoms with E-state index in [9.17, 15) is 5.11 Å². The van der Waals surface area contributed by atoms with Gasteiger partial charge in [0.1, 0.15) is 0 Å². The molecule has 1 atom stereocenters. The Morgan fingerprint density at radius 3 is 2.27 bits per heavy atom. The van der Waals surface area contributed by atoms with Crippen molar-refractivity contribution in [3.63, 3.8) is 0 Å². The van der Waals surface area contributed by atoms with Crippen LogP contribution in [0.3, 0.4) is 0 Å². The molecule has 1 unspecified atom stereocenters. The molecule has 0 spiro atoms. The molecule has 1 aromatic heterocycles. The summed E-state index contributed by atoms with van der Waals surface area (Å²) in [5.41, 5.74) is 12.1. The van der Waals surface area contributed by atoms with E-state index in [0.29, 0.717) is 11.9 Å². The van der Waals surface area contributed by atoms with Gasteiger partial charge in [-0.1, -0.05) is 51.1 Å². The Morgan fingerprint density at radius 2 is 1.67 bits per heavy atom. The Bertz CT molecular complexity index is 991. The maximum Gasteiger partial charge on any atom is 0.159 e. The lowest BCUT2D eigenvalue weighted by Gasteiger charge is -2.25. The zero-order valence-electron chi connectivity index (χ0n) is 18.5. The van der Waals surface area contributed by atoms with Gasteiger partial charge in [0.25, 0.3) is 0 Å². The summed E-state index contributed by atoms with van der Waals surface area (Å²) in [6.07, 6.45) is 1.79. The van der Waals surface area contributed by atoms with Crippen LogP contribution in [0.2, 0.25) is 0 Å². The van der Waals surface area contributed by atoms with E-state index in [4.69, 9.17) is 10.7 Å². The summed E-state index contributed by atoms with van der Waals surface area (Å²) >= 11 is 0. The molecular weight excluding hydrogens is 372 g/mol. The molecule has 0 aliphatic carbocycles. The van der Waals surface area contributed by atoms with E-state index in [2.05, 4.69) is 63.1 Å². The van der Waals surface area contributed by atoms with Crippen LogP contribution in [0.15, 0.2) is 54.7 Å². The molecule has 4 N–H and O–H groups in total. The molecule has 3 rings (SSSR count). The molecule has 5 nitrogen and oxygen atoms in total. The summed E-state index contributed by atoms with van der Waals surface area (Å²) in [6, 6.07) is 16.1. The van der Waals surface area contributed by atoms with Crippen molar-refractivity contribution in [2.24, 2.45) is 5.73 Å². The van der Waals surface area contributed by atoms with Crippen LogP contribution >= 0.6 is 0 Å². The van der Waals surface area contributed by atoms with Crippen LogP contribution in [0.25, 0.3) is 22.6 Å². The third kappa shape index (κ3) is 5.04. The van der Waals surface area contributed by atoms with Gasteiger partial charge in [0.15, 0.2) is 5.82 Å². The largest absolute Gasteiger partial charge is 0.394 e. The fraction of sp³-hybridized carbons (Fsp3) is 0.360. The maximum atomic E-state index is 9.23. The molecule has 0 saturated heterocycles. The van der Waals surface area contributed by atoms with Crippen LogP contribution in [0.4, 0.5) is 5.69 Å². The standard InChI is InChI=1S/C25H32N4O/c1-16(2)28-23-11-10-19(14-20(23)25(3,4)5)22-12-13-27-24(29-22)18-8-6-17(7-9-18)21(26)15-30/h6-14,16,21,28,30H,15,26H2,1-5H3. The summed E-state index contributed by atoms with van der Waals surface area (Å²) in [4.78, 5) is 9.26. The van der Waals surface area contributed by atoms with E-state index >= 15 is 0 Å². The van der Waals surface area contributed by atoms with Crippen LogP contribution in [0, 0.1) is 0 Å². The Hall–Kier alpha value is -2.76. The molecule has 0 aliphatic rings. The molecule has 0 aliphatic heterocycles. The normalized spacial score (nSPS) is 12.8. The highest BCUT2D eigenvalue weighted by atomic mass is 16.3. The second kappa shape index (κ2) is 8.94. The zero-order chi connectivity index (χ0) is 21.9. The first-order chi connectivity index (χ1) is 14.2. The van der Waals surface area contributed by atoms with Crippen LogP contribution in [-0.2, 0) is 5.41 Å². The Kier molecular flexibility index (Phi) is 6.54. The molecule has 158 valence electrons. The molecule has 30 heavy (non-hydrogen) atoms. The first-order valence-corrected chi connectivity index (χ1v) is 10.4. The van der Waals surface area contributed by atoms with E-state index in [-0.39, 0.29) is 18.1 Å². The minimum atomic E-state index is -0.375. The predicted octanol–water partition coefficient (Wildman–Crippen LogP) is 4.92. The number of benzene rings is 2. The molecule has 1 heterocycles. The van der Waals surface area contributed by atoms with E-state index in [0.717, 1.165) is 28.1 Å². The molecule has 2 aromatic carbocycles. The fourth-order valence-electron chi connectivity index (χ4n) is 3.40. The third-order valence-electron chi connectivity index (χ3n) is 5.02. The maximum absolute atomic E-state index is 9.23. The summed E-state index contributed by atoms with van der Waals surface area (Å²) in [5.74, 6) is 0.665. The molecule has 0 saturated carbocycles. The predicted molar refractivity (Wildman–Crippen MR) is 124 cm³/mol. The number of nitrogens with one attached hydrogen (secondary N) is 1. The Morgan fingerprint density at radius 1 is 1.00 bits per heavy atom. The van der Waals surface area contributed by atoms with Crippen LogP contribution in [0.5, 0.6) is 0 Å². The van der Waals surface area contributed by atoms with Gasteiger partial charge in [-0.15, -0.1) is 0 Å². The Labute approximate surface area is 179 Å². The zero-order valence-corrected chi connectivity index (χ0v) is 18.5. The topological polar surface area (TPSA) is 84.1 Å². The number of hydrogen-bond donors (Lipinski definition) is 3. The van der Waals surface area contributed by atoms with E-state index < -0.39 is 0 Å². The van der Waals surface area contributed by atoms with Gasteiger partial charge in [-0.3, -0.25) is 0 Å². The first kappa shape index (κ1) is 21.9. The van der Waals surface area contributed by atoms with Crippen molar-refractivity contribution < 1.29 is 5.11 Å². The molecule has 3 aromatic rings. The monoisotopic (exact) mass is 404 g/mol. The number of aromatic nitrogens is 2. The van der Waals surface area contributed by atoms with Crippen LogP contribution in [-0.4, -0.2) is 27.7 Å². The van der Waals surface area contributed by atoms with Crippen molar-refractivity contribution in [2.45, 2.75) is 52.1 Å². The third-order valence-corrected chi connectivity index (χ3v) is 5.02. The fourth-order valence-corrected chi connectivity index (χ4v) is 3.40. The number of aliphatic hydroxyl groups excluding tert-OH is 1. The number of hydrogen-bond acceptors (Lipinski definition) is 5. The number of nitrogens with two attached hydrogens (primary N) is 1. The van der Waals surface area contributed by atoms with Crippen molar-refractivity contribution in [1.82, 2.24) is 9.97 Å². The van der Waals surface area contributed by atoms with Gasteiger partial charge in [-0.2, -0.15) is 0 Å². The van der Waals surface area contributed by atoms with E-state index in [1.54, 1.807) is 6.20 Å².